The number of pyridine rings is 2. The number of hydrogen-bond acceptors (Lipinski definition) is 7. The first-order chi connectivity index (χ1) is 17.8. The average Bonchev–Trinajstić information content (AvgIpc) is 3.61. The molecular formula is C27H25FN4O4S. The van der Waals surface area contributed by atoms with E-state index in [9.17, 15) is 17.9 Å². The standard InChI is InChI=1S/C27H25FN4O4S/c1-36-26-23(31-37(34,35)20-5-3-19(28)4-6-20)13-18(14-30-26)17-2-7-22-21(12-17)24(8-11-29-22)32-15-25(33)27(16-32)9-10-27/h2-8,11-14,25,31,33H,9-10,15-16H2,1H3. The normalized spacial score (nSPS) is 18.4. The van der Waals surface area contributed by atoms with Crippen LogP contribution in [0.15, 0.2) is 71.9 Å². The van der Waals surface area contributed by atoms with Crippen LogP contribution in [0.3, 0.4) is 0 Å². The van der Waals surface area contributed by atoms with Crippen molar-refractivity contribution in [2.45, 2.75) is 23.8 Å². The molecule has 0 amide bonds. The SMILES string of the molecule is COc1ncc(-c2ccc3nccc(N4CC(O)C5(CC5)C4)c3c2)cc1NS(=O)(=O)c1ccc(F)cc1. The third kappa shape index (κ3) is 4.25. The van der Waals surface area contributed by atoms with Gasteiger partial charge in [-0.05, 0) is 66.9 Å². The molecule has 2 aromatic heterocycles. The minimum atomic E-state index is -4.00. The Balaban J connectivity index is 1.37. The van der Waals surface area contributed by atoms with Gasteiger partial charge in [-0.2, -0.15) is 0 Å². The summed E-state index contributed by atoms with van der Waals surface area (Å²) in [5, 5.41) is 11.5. The summed E-state index contributed by atoms with van der Waals surface area (Å²) >= 11 is 0. The number of aromatic nitrogens is 2. The van der Waals surface area contributed by atoms with Gasteiger partial charge in [0.2, 0.25) is 5.88 Å². The molecule has 37 heavy (non-hydrogen) atoms. The molecule has 1 saturated carbocycles. The smallest absolute Gasteiger partial charge is 0.262 e. The lowest BCUT2D eigenvalue weighted by Gasteiger charge is -2.20. The number of nitrogens with one attached hydrogen (secondary N) is 1. The molecule has 8 nitrogen and oxygen atoms in total. The highest BCUT2D eigenvalue weighted by molar-refractivity contribution is 7.92. The van der Waals surface area contributed by atoms with E-state index in [-0.39, 0.29) is 28.0 Å². The van der Waals surface area contributed by atoms with Gasteiger partial charge in [0.15, 0.2) is 0 Å². The molecule has 2 aromatic carbocycles. The lowest BCUT2D eigenvalue weighted by Crippen LogP contribution is -2.21. The summed E-state index contributed by atoms with van der Waals surface area (Å²) in [5.41, 5.74) is 3.51. The fourth-order valence-electron chi connectivity index (χ4n) is 5.04. The quantitative estimate of drug-likeness (QED) is 0.393. The summed E-state index contributed by atoms with van der Waals surface area (Å²) in [4.78, 5) is 11.0. The van der Waals surface area contributed by atoms with E-state index in [1.54, 1.807) is 18.5 Å². The van der Waals surface area contributed by atoms with Gasteiger partial charge in [0.1, 0.15) is 11.5 Å². The van der Waals surface area contributed by atoms with Crippen LogP contribution in [0.2, 0.25) is 0 Å². The van der Waals surface area contributed by atoms with Crippen LogP contribution in [0.25, 0.3) is 22.0 Å². The second-order valence-electron chi connectivity index (χ2n) is 9.66. The number of halogens is 1. The van der Waals surface area contributed by atoms with Crippen molar-refractivity contribution in [3.8, 4) is 17.0 Å². The maximum Gasteiger partial charge on any atom is 0.262 e. The van der Waals surface area contributed by atoms with E-state index in [0.29, 0.717) is 12.1 Å². The maximum atomic E-state index is 13.3. The van der Waals surface area contributed by atoms with Crippen molar-refractivity contribution >= 4 is 32.3 Å². The van der Waals surface area contributed by atoms with E-state index in [1.807, 2.05) is 24.3 Å². The molecule has 0 bridgehead atoms. The number of methoxy groups -OCH3 is 1. The van der Waals surface area contributed by atoms with Crippen LogP contribution in [0.5, 0.6) is 5.88 Å². The zero-order valence-corrected chi connectivity index (χ0v) is 20.9. The molecule has 2 N–H and O–H groups in total. The highest BCUT2D eigenvalue weighted by Crippen LogP contribution is 2.54. The summed E-state index contributed by atoms with van der Waals surface area (Å²) in [6.45, 7) is 1.40. The number of nitrogens with zero attached hydrogens (tertiary/aromatic N) is 3. The number of sulfonamides is 1. The van der Waals surface area contributed by atoms with Crippen molar-refractivity contribution in [2.24, 2.45) is 5.41 Å². The lowest BCUT2D eigenvalue weighted by atomic mass is 10.0. The van der Waals surface area contributed by atoms with Gasteiger partial charge in [-0.15, -0.1) is 0 Å². The molecule has 4 aromatic rings. The molecule has 1 saturated heterocycles. The largest absolute Gasteiger partial charge is 0.480 e. The van der Waals surface area contributed by atoms with Gasteiger partial charge < -0.3 is 14.7 Å². The number of anilines is 2. The Morgan fingerprint density at radius 1 is 1.08 bits per heavy atom. The van der Waals surface area contributed by atoms with Crippen LogP contribution in [-0.2, 0) is 10.0 Å². The molecule has 2 aliphatic rings. The second kappa shape index (κ2) is 8.67. The van der Waals surface area contributed by atoms with E-state index in [0.717, 1.165) is 53.7 Å². The van der Waals surface area contributed by atoms with E-state index < -0.39 is 15.8 Å². The monoisotopic (exact) mass is 520 g/mol. The van der Waals surface area contributed by atoms with Crippen LogP contribution in [0.1, 0.15) is 12.8 Å². The number of hydrogen-bond donors (Lipinski definition) is 2. The summed E-state index contributed by atoms with van der Waals surface area (Å²) in [7, 11) is -2.60. The van der Waals surface area contributed by atoms with Gasteiger partial charge in [-0.1, -0.05) is 6.07 Å². The molecule has 2 fully saturated rings. The van der Waals surface area contributed by atoms with Crippen molar-refractivity contribution in [1.82, 2.24) is 9.97 Å². The molecule has 1 unspecified atom stereocenters. The van der Waals surface area contributed by atoms with Crippen LogP contribution < -0.4 is 14.4 Å². The fourth-order valence-corrected chi connectivity index (χ4v) is 6.09. The number of aliphatic hydroxyl groups excluding tert-OH is 1. The lowest BCUT2D eigenvalue weighted by molar-refractivity contribution is 0.136. The predicted molar refractivity (Wildman–Crippen MR) is 139 cm³/mol. The number of aliphatic hydroxyl groups is 1. The second-order valence-corrected chi connectivity index (χ2v) is 11.3. The summed E-state index contributed by atoms with van der Waals surface area (Å²) in [6, 6.07) is 14.0. The van der Waals surface area contributed by atoms with Crippen molar-refractivity contribution in [3.63, 3.8) is 0 Å². The predicted octanol–water partition coefficient (Wildman–Crippen LogP) is 4.21. The highest BCUT2D eigenvalue weighted by Gasteiger charge is 2.54. The zero-order valence-electron chi connectivity index (χ0n) is 20.1. The third-order valence-corrected chi connectivity index (χ3v) is 8.68. The molecule has 190 valence electrons. The minimum Gasteiger partial charge on any atom is -0.480 e. The van der Waals surface area contributed by atoms with E-state index in [4.69, 9.17) is 4.74 Å². The molecule has 1 spiro atoms. The van der Waals surface area contributed by atoms with Crippen LogP contribution in [0, 0.1) is 11.2 Å². The van der Waals surface area contributed by atoms with Gasteiger partial charge in [0.25, 0.3) is 10.0 Å². The van der Waals surface area contributed by atoms with Crippen molar-refractivity contribution in [1.29, 1.82) is 0 Å². The highest BCUT2D eigenvalue weighted by atomic mass is 32.2. The fraction of sp³-hybridized carbons (Fsp3) is 0.259. The Labute approximate surface area is 213 Å². The number of fused-ring (bicyclic) bond motifs is 1. The van der Waals surface area contributed by atoms with Crippen molar-refractivity contribution < 1.29 is 22.7 Å². The summed E-state index contributed by atoms with van der Waals surface area (Å²) in [5.74, 6) is -0.417. The number of ether oxygens (including phenoxy) is 1. The molecule has 10 heteroatoms. The van der Waals surface area contributed by atoms with Crippen molar-refractivity contribution in [3.05, 3.63) is 72.8 Å². The zero-order chi connectivity index (χ0) is 25.8. The van der Waals surface area contributed by atoms with E-state index in [2.05, 4.69) is 19.6 Å². The first-order valence-electron chi connectivity index (χ1n) is 11.9. The molecular weight excluding hydrogens is 495 g/mol. The molecule has 3 heterocycles. The summed E-state index contributed by atoms with van der Waals surface area (Å²) in [6.07, 6.45) is 5.16. The number of rotatable bonds is 6. The third-order valence-electron chi connectivity index (χ3n) is 7.30. The van der Waals surface area contributed by atoms with Crippen molar-refractivity contribution in [2.75, 3.05) is 29.8 Å². The Kier molecular flexibility index (Phi) is 5.54. The molecule has 0 radical (unpaired) electrons. The Morgan fingerprint density at radius 3 is 2.57 bits per heavy atom. The average molecular weight is 521 g/mol. The molecule has 1 aliphatic carbocycles. The molecule has 1 atom stereocenters. The van der Waals surface area contributed by atoms with Crippen LogP contribution in [0.4, 0.5) is 15.8 Å². The van der Waals surface area contributed by atoms with Crippen LogP contribution in [-0.4, -0.2) is 49.8 Å². The number of benzene rings is 2. The molecule has 1 aliphatic heterocycles. The Bertz CT molecular complexity index is 1610. The van der Waals surface area contributed by atoms with E-state index in [1.165, 1.54) is 19.2 Å². The van der Waals surface area contributed by atoms with Gasteiger partial charge >= 0.3 is 0 Å². The topological polar surface area (TPSA) is 105 Å². The minimum absolute atomic E-state index is 0.0176. The van der Waals surface area contributed by atoms with E-state index >= 15 is 0 Å². The first-order valence-corrected chi connectivity index (χ1v) is 13.4. The summed E-state index contributed by atoms with van der Waals surface area (Å²) < 4.78 is 47.0. The molecule has 6 rings (SSSR count). The van der Waals surface area contributed by atoms with Gasteiger partial charge in [-0.25, -0.2) is 17.8 Å². The Hall–Kier alpha value is -3.76. The van der Waals surface area contributed by atoms with Gasteiger partial charge in [0.05, 0.1) is 23.6 Å². The first kappa shape index (κ1) is 23.6. The van der Waals surface area contributed by atoms with Gasteiger partial charge in [-0.3, -0.25) is 9.71 Å². The Morgan fingerprint density at radius 2 is 1.86 bits per heavy atom. The number of β-amino-alcohol motifs (C(OH)–C–C–N with tert-alkyl or cyclic N) is 1. The van der Waals surface area contributed by atoms with Gasteiger partial charge in [0, 0.05) is 47.5 Å². The van der Waals surface area contributed by atoms with Crippen LogP contribution >= 0.6 is 0 Å². The maximum absolute atomic E-state index is 13.3.